The van der Waals surface area contributed by atoms with Gasteiger partial charge in [0, 0.05) is 12.7 Å². The van der Waals surface area contributed by atoms with Gasteiger partial charge in [0.25, 0.3) is 5.91 Å². The van der Waals surface area contributed by atoms with Crippen LogP contribution in [0.5, 0.6) is 5.75 Å². The minimum Gasteiger partial charge on any atom is -0.497 e. The van der Waals surface area contributed by atoms with Crippen molar-refractivity contribution in [1.82, 2.24) is 15.3 Å². The third-order valence-corrected chi connectivity index (χ3v) is 3.01. The Balaban J connectivity index is 2.00. The number of methoxy groups -OCH3 is 1. The van der Waals surface area contributed by atoms with E-state index in [9.17, 15) is 4.79 Å². The maximum atomic E-state index is 12.0. The third kappa shape index (κ3) is 3.45. The van der Waals surface area contributed by atoms with E-state index in [2.05, 4.69) is 15.3 Å². The van der Waals surface area contributed by atoms with E-state index < -0.39 is 0 Å². The molecule has 0 spiro atoms. The van der Waals surface area contributed by atoms with Crippen LogP contribution in [0.2, 0.25) is 5.15 Å². The van der Waals surface area contributed by atoms with Crippen molar-refractivity contribution < 1.29 is 9.53 Å². The molecule has 1 N–H and O–H groups in total. The molecule has 0 atom stereocenters. The van der Waals surface area contributed by atoms with Gasteiger partial charge in [0.1, 0.15) is 16.7 Å². The number of carbonyl (C=O) groups excluding carboxylic acids is 1. The molecule has 0 saturated carbocycles. The monoisotopic (exact) mass is 291 g/mol. The Labute approximate surface area is 122 Å². The largest absolute Gasteiger partial charge is 0.497 e. The summed E-state index contributed by atoms with van der Waals surface area (Å²) in [6, 6.07) is 7.44. The Morgan fingerprint density at radius 1 is 1.35 bits per heavy atom. The van der Waals surface area contributed by atoms with E-state index in [4.69, 9.17) is 16.3 Å². The number of aromatic nitrogens is 2. The SMILES string of the molecule is COc1ccc(CNC(=O)c2cnc(C)nc2Cl)cc1. The number of aryl methyl sites for hydroxylation is 1. The van der Waals surface area contributed by atoms with Gasteiger partial charge in [-0.1, -0.05) is 23.7 Å². The number of benzene rings is 1. The van der Waals surface area contributed by atoms with Crippen LogP contribution >= 0.6 is 11.6 Å². The highest BCUT2D eigenvalue weighted by Gasteiger charge is 2.11. The average Bonchev–Trinajstić information content (AvgIpc) is 2.45. The molecule has 0 aliphatic rings. The second-order valence-electron chi connectivity index (χ2n) is 4.15. The fourth-order valence-electron chi connectivity index (χ4n) is 1.62. The van der Waals surface area contributed by atoms with Crippen molar-refractivity contribution in [3.8, 4) is 5.75 Å². The first-order valence-corrected chi connectivity index (χ1v) is 6.38. The third-order valence-electron chi connectivity index (χ3n) is 2.72. The second-order valence-corrected chi connectivity index (χ2v) is 4.51. The molecule has 0 aliphatic heterocycles. The standard InChI is InChI=1S/C14H14ClN3O2/c1-9-16-8-12(13(15)18-9)14(19)17-7-10-3-5-11(20-2)6-4-10/h3-6,8H,7H2,1-2H3,(H,17,19). The number of amides is 1. The van der Waals surface area contributed by atoms with Crippen molar-refractivity contribution in [3.63, 3.8) is 0 Å². The van der Waals surface area contributed by atoms with Crippen molar-refractivity contribution in [2.45, 2.75) is 13.5 Å². The first-order chi connectivity index (χ1) is 9.60. The van der Waals surface area contributed by atoms with Crippen LogP contribution in [-0.2, 0) is 6.54 Å². The van der Waals surface area contributed by atoms with E-state index in [1.807, 2.05) is 24.3 Å². The smallest absolute Gasteiger partial charge is 0.256 e. The number of nitrogens with zero attached hydrogens (tertiary/aromatic N) is 2. The zero-order valence-electron chi connectivity index (χ0n) is 11.2. The number of hydrogen-bond donors (Lipinski definition) is 1. The van der Waals surface area contributed by atoms with Gasteiger partial charge in [0.2, 0.25) is 0 Å². The van der Waals surface area contributed by atoms with Crippen molar-refractivity contribution in [3.05, 3.63) is 52.6 Å². The maximum Gasteiger partial charge on any atom is 0.256 e. The summed E-state index contributed by atoms with van der Waals surface area (Å²) in [7, 11) is 1.61. The quantitative estimate of drug-likeness (QED) is 0.879. The zero-order chi connectivity index (χ0) is 14.5. The summed E-state index contributed by atoms with van der Waals surface area (Å²) in [4.78, 5) is 19.9. The van der Waals surface area contributed by atoms with E-state index in [0.717, 1.165) is 11.3 Å². The van der Waals surface area contributed by atoms with Gasteiger partial charge in [-0.2, -0.15) is 0 Å². The van der Waals surface area contributed by atoms with Crippen LogP contribution < -0.4 is 10.1 Å². The summed E-state index contributed by atoms with van der Waals surface area (Å²) < 4.78 is 5.07. The van der Waals surface area contributed by atoms with Gasteiger partial charge in [0.05, 0.1) is 12.7 Å². The minimum absolute atomic E-state index is 0.157. The van der Waals surface area contributed by atoms with E-state index in [1.165, 1.54) is 6.20 Å². The lowest BCUT2D eigenvalue weighted by Gasteiger charge is -2.07. The van der Waals surface area contributed by atoms with E-state index in [-0.39, 0.29) is 16.6 Å². The minimum atomic E-state index is -0.300. The number of halogens is 1. The van der Waals surface area contributed by atoms with Crippen LogP contribution in [0.25, 0.3) is 0 Å². The molecule has 0 bridgehead atoms. The first-order valence-electron chi connectivity index (χ1n) is 6.00. The molecule has 1 amide bonds. The van der Waals surface area contributed by atoms with E-state index in [0.29, 0.717) is 12.4 Å². The number of rotatable bonds is 4. The fourth-order valence-corrected chi connectivity index (χ4v) is 1.87. The summed E-state index contributed by atoms with van der Waals surface area (Å²) in [6.07, 6.45) is 1.42. The second kappa shape index (κ2) is 6.34. The van der Waals surface area contributed by atoms with Crippen molar-refractivity contribution in [2.24, 2.45) is 0 Å². The Kier molecular flexibility index (Phi) is 4.53. The van der Waals surface area contributed by atoms with E-state index >= 15 is 0 Å². The topological polar surface area (TPSA) is 64.1 Å². The van der Waals surface area contributed by atoms with Crippen LogP contribution in [-0.4, -0.2) is 23.0 Å². The molecule has 1 heterocycles. The van der Waals surface area contributed by atoms with Gasteiger partial charge in [-0.15, -0.1) is 0 Å². The Hall–Kier alpha value is -2.14. The lowest BCUT2D eigenvalue weighted by atomic mass is 10.2. The van der Waals surface area contributed by atoms with Crippen LogP contribution in [0.3, 0.4) is 0 Å². The molecule has 0 aliphatic carbocycles. The van der Waals surface area contributed by atoms with Gasteiger partial charge in [0.15, 0.2) is 0 Å². The molecule has 2 aromatic rings. The van der Waals surface area contributed by atoms with Crippen LogP contribution in [0.4, 0.5) is 0 Å². The number of ether oxygens (including phenoxy) is 1. The van der Waals surface area contributed by atoms with Gasteiger partial charge in [-0.05, 0) is 24.6 Å². The van der Waals surface area contributed by atoms with Crippen molar-refractivity contribution in [2.75, 3.05) is 7.11 Å². The Morgan fingerprint density at radius 3 is 2.65 bits per heavy atom. The summed E-state index contributed by atoms with van der Waals surface area (Å²) in [5.41, 5.74) is 1.23. The molecule has 0 saturated heterocycles. The molecule has 0 radical (unpaired) electrons. The molecule has 1 aromatic heterocycles. The van der Waals surface area contributed by atoms with Crippen LogP contribution in [0.15, 0.2) is 30.5 Å². The van der Waals surface area contributed by atoms with Crippen molar-refractivity contribution in [1.29, 1.82) is 0 Å². The van der Waals surface area contributed by atoms with Crippen molar-refractivity contribution >= 4 is 17.5 Å². The molecule has 20 heavy (non-hydrogen) atoms. The predicted molar refractivity (Wildman–Crippen MR) is 75.9 cm³/mol. The summed E-state index contributed by atoms with van der Waals surface area (Å²) in [6.45, 7) is 2.11. The van der Waals surface area contributed by atoms with Gasteiger partial charge >= 0.3 is 0 Å². The van der Waals surface area contributed by atoms with Gasteiger partial charge in [-0.3, -0.25) is 4.79 Å². The number of carbonyl (C=O) groups is 1. The molecule has 5 nitrogen and oxygen atoms in total. The highest BCUT2D eigenvalue weighted by atomic mass is 35.5. The van der Waals surface area contributed by atoms with Crippen LogP contribution in [0.1, 0.15) is 21.7 Å². The zero-order valence-corrected chi connectivity index (χ0v) is 11.9. The summed E-state index contributed by atoms with van der Waals surface area (Å²) >= 11 is 5.92. The predicted octanol–water partition coefficient (Wildman–Crippen LogP) is 2.38. The lowest BCUT2D eigenvalue weighted by molar-refractivity contribution is 0.0950. The molecule has 1 aromatic carbocycles. The highest BCUT2D eigenvalue weighted by Crippen LogP contribution is 2.13. The molecule has 6 heteroatoms. The summed E-state index contributed by atoms with van der Waals surface area (Å²) in [5, 5.41) is 2.93. The van der Waals surface area contributed by atoms with Crippen LogP contribution in [0, 0.1) is 6.92 Å². The van der Waals surface area contributed by atoms with Gasteiger partial charge in [-0.25, -0.2) is 9.97 Å². The summed E-state index contributed by atoms with van der Waals surface area (Å²) in [5.74, 6) is 1.00. The molecular weight excluding hydrogens is 278 g/mol. The Morgan fingerprint density at radius 2 is 2.05 bits per heavy atom. The number of hydrogen-bond acceptors (Lipinski definition) is 4. The molecule has 0 unspecified atom stereocenters. The lowest BCUT2D eigenvalue weighted by Crippen LogP contribution is -2.23. The van der Waals surface area contributed by atoms with Gasteiger partial charge < -0.3 is 10.1 Å². The normalized spacial score (nSPS) is 10.2. The number of nitrogens with one attached hydrogen (secondary N) is 1. The average molecular weight is 292 g/mol. The highest BCUT2D eigenvalue weighted by molar-refractivity contribution is 6.32. The molecular formula is C14H14ClN3O2. The molecule has 0 fully saturated rings. The molecule has 2 rings (SSSR count). The molecule has 104 valence electrons. The Bertz CT molecular complexity index is 614. The maximum absolute atomic E-state index is 12.0. The first kappa shape index (κ1) is 14.3. The van der Waals surface area contributed by atoms with E-state index in [1.54, 1.807) is 14.0 Å². The fraction of sp³-hybridized carbons (Fsp3) is 0.214.